The summed E-state index contributed by atoms with van der Waals surface area (Å²) in [6.07, 6.45) is 7.94. The van der Waals surface area contributed by atoms with E-state index in [1.807, 2.05) is 6.07 Å². The van der Waals surface area contributed by atoms with Gasteiger partial charge in [-0.15, -0.1) is 11.6 Å². The highest BCUT2D eigenvalue weighted by atomic mass is 35.5. The number of hydrogen-bond acceptors (Lipinski definition) is 1. The maximum Gasteiger partial charge on any atom is 0.0705 e. The van der Waals surface area contributed by atoms with Crippen molar-refractivity contribution in [1.82, 2.24) is 4.98 Å². The molecule has 19 heavy (non-hydrogen) atoms. The van der Waals surface area contributed by atoms with E-state index >= 15 is 0 Å². The number of para-hydroxylation sites is 1. The molecule has 0 radical (unpaired) electrons. The molecule has 0 saturated carbocycles. The topological polar surface area (TPSA) is 12.9 Å². The second-order valence-corrected chi connectivity index (χ2v) is 5.82. The summed E-state index contributed by atoms with van der Waals surface area (Å²) in [5.74, 6) is 0. The van der Waals surface area contributed by atoms with Crippen LogP contribution in [0.1, 0.15) is 31.4 Å². The molecule has 1 aromatic heterocycles. The first-order chi connectivity index (χ1) is 9.31. The summed E-state index contributed by atoms with van der Waals surface area (Å²) in [7, 11) is 0. The third-order valence-electron chi connectivity index (χ3n) is 3.71. The number of rotatable bonds is 2. The Labute approximate surface area is 119 Å². The number of nitrogens with zero attached hydrogens (tertiary/aromatic N) is 1. The number of halogens is 1. The van der Waals surface area contributed by atoms with E-state index in [2.05, 4.69) is 36.4 Å². The molecular weight excluding hydrogens is 254 g/mol. The predicted molar refractivity (Wildman–Crippen MR) is 81.6 cm³/mol. The monoisotopic (exact) mass is 271 g/mol. The molecular formula is C17H18ClN. The molecule has 1 unspecified atom stereocenters. The number of pyridine rings is 1. The van der Waals surface area contributed by atoms with Crippen molar-refractivity contribution in [3.63, 3.8) is 0 Å². The first kappa shape index (κ1) is 12.7. The van der Waals surface area contributed by atoms with Crippen LogP contribution in [0.4, 0.5) is 0 Å². The van der Waals surface area contributed by atoms with Crippen LogP contribution in [0.2, 0.25) is 0 Å². The number of benzene rings is 1. The minimum Gasteiger partial charge on any atom is -0.253 e. The molecule has 0 saturated heterocycles. The number of allylic oxidation sites excluding steroid dienone is 2. The van der Waals surface area contributed by atoms with Gasteiger partial charge in [0.05, 0.1) is 10.9 Å². The van der Waals surface area contributed by atoms with E-state index in [1.165, 1.54) is 23.8 Å². The largest absolute Gasteiger partial charge is 0.253 e. The van der Waals surface area contributed by atoms with Gasteiger partial charge in [0.1, 0.15) is 0 Å². The van der Waals surface area contributed by atoms with Gasteiger partial charge >= 0.3 is 0 Å². The fraction of sp³-hybridized carbons (Fsp3) is 0.353. The molecule has 0 fully saturated rings. The standard InChI is InChI=1S/C17H18ClN/c18-15-7-3-1-5-13(11-15)12-16-10-9-14-6-2-4-8-17(14)19-16/h2,4,6,8-11,15H,1,3,5,7,12H2. The summed E-state index contributed by atoms with van der Waals surface area (Å²) < 4.78 is 0. The van der Waals surface area contributed by atoms with Gasteiger partial charge < -0.3 is 0 Å². The maximum atomic E-state index is 6.28. The highest BCUT2D eigenvalue weighted by molar-refractivity contribution is 6.21. The van der Waals surface area contributed by atoms with Crippen LogP contribution in [0.3, 0.4) is 0 Å². The zero-order valence-electron chi connectivity index (χ0n) is 11.0. The normalized spacial score (nSPS) is 20.1. The van der Waals surface area contributed by atoms with E-state index in [4.69, 9.17) is 16.6 Å². The smallest absolute Gasteiger partial charge is 0.0705 e. The molecule has 0 amide bonds. The molecule has 1 atom stereocenters. The molecule has 98 valence electrons. The van der Waals surface area contributed by atoms with E-state index in [0.717, 1.165) is 30.5 Å². The molecule has 0 aliphatic heterocycles. The fourth-order valence-corrected chi connectivity index (χ4v) is 3.03. The van der Waals surface area contributed by atoms with E-state index < -0.39 is 0 Å². The highest BCUT2D eigenvalue weighted by Gasteiger charge is 2.10. The Morgan fingerprint density at radius 1 is 1.11 bits per heavy atom. The average Bonchev–Trinajstić information content (AvgIpc) is 2.63. The maximum absolute atomic E-state index is 6.28. The van der Waals surface area contributed by atoms with E-state index in [9.17, 15) is 0 Å². The zero-order chi connectivity index (χ0) is 13.1. The van der Waals surface area contributed by atoms with Gasteiger partial charge in [-0.1, -0.05) is 42.3 Å². The quantitative estimate of drug-likeness (QED) is 0.560. The minimum atomic E-state index is 0.206. The van der Waals surface area contributed by atoms with Gasteiger partial charge in [0.2, 0.25) is 0 Å². The van der Waals surface area contributed by atoms with Crippen LogP contribution < -0.4 is 0 Å². The van der Waals surface area contributed by atoms with Crippen molar-refractivity contribution in [3.8, 4) is 0 Å². The van der Waals surface area contributed by atoms with Crippen molar-refractivity contribution in [3.05, 3.63) is 53.7 Å². The number of aromatic nitrogens is 1. The first-order valence-electron chi connectivity index (χ1n) is 6.99. The van der Waals surface area contributed by atoms with Crippen molar-refractivity contribution in [2.24, 2.45) is 0 Å². The molecule has 2 heteroatoms. The van der Waals surface area contributed by atoms with Crippen molar-refractivity contribution in [2.75, 3.05) is 0 Å². The van der Waals surface area contributed by atoms with Crippen molar-refractivity contribution < 1.29 is 0 Å². The van der Waals surface area contributed by atoms with E-state index in [1.54, 1.807) is 0 Å². The van der Waals surface area contributed by atoms with Gasteiger partial charge in [-0.3, -0.25) is 4.98 Å². The lowest BCUT2D eigenvalue weighted by molar-refractivity contribution is 0.709. The summed E-state index contributed by atoms with van der Waals surface area (Å²) >= 11 is 6.28. The molecule has 1 heterocycles. The molecule has 0 spiro atoms. The Morgan fingerprint density at radius 3 is 2.95 bits per heavy atom. The van der Waals surface area contributed by atoms with Crippen molar-refractivity contribution >= 4 is 22.5 Å². The van der Waals surface area contributed by atoms with Gasteiger partial charge in [-0.2, -0.15) is 0 Å². The third kappa shape index (κ3) is 3.16. The summed E-state index contributed by atoms with van der Waals surface area (Å²) in [4.78, 5) is 4.74. The lowest BCUT2D eigenvalue weighted by Gasteiger charge is -2.07. The lowest BCUT2D eigenvalue weighted by atomic mass is 10.0. The minimum absolute atomic E-state index is 0.206. The molecule has 1 aromatic carbocycles. The van der Waals surface area contributed by atoms with Crippen LogP contribution >= 0.6 is 11.6 Å². The molecule has 1 aliphatic carbocycles. The Bertz CT molecular complexity index is 603. The number of hydrogen-bond donors (Lipinski definition) is 0. The molecule has 2 aromatic rings. The van der Waals surface area contributed by atoms with Gasteiger partial charge in [0.15, 0.2) is 0 Å². The Hall–Kier alpha value is -1.34. The van der Waals surface area contributed by atoms with Gasteiger partial charge in [0.25, 0.3) is 0 Å². The summed E-state index contributed by atoms with van der Waals surface area (Å²) in [5, 5.41) is 1.41. The molecule has 3 rings (SSSR count). The molecule has 1 aliphatic rings. The van der Waals surface area contributed by atoms with Crippen LogP contribution in [0.15, 0.2) is 48.0 Å². The van der Waals surface area contributed by atoms with Gasteiger partial charge in [-0.05, 0) is 31.4 Å². The molecule has 0 N–H and O–H groups in total. The Morgan fingerprint density at radius 2 is 2.00 bits per heavy atom. The Kier molecular flexibility index (Phi) is 3.84. The summed E-state index contributed by atoms with van der Waals surface area (Å²) in [6, 6.07) is 12.6. The number of fused-ring (bicyclic) bond motifs is 1. The Balaban J connectivity index is 1.84. The number of alkyl halides is 1. The first-order valence-corrected chi connectivity index (χ1v) is 7.43. The highest BCUT2D eigenvalue weighted by Crippen LogP contribution is 2.24. The summed E-state index contributed by atoms with van der Waals surface area (Å²) in [6.45, 7) is 0. The lowest BCUT2D eigenvalue weighted by Crippen LogP contribution is -1.96. The van der Waals surface area contributed by atoms with Crippen molar-refractivity contribution in [1.29, 1.82) is 0 Å². The average molecular weight is 272 g/mol. The third-order valence-corrected chi connectivity index (χ3v) is 4.05. The van der Waals surface area contributed by atoms with Crippen LogP contribution in [0.5, 0.6) is 0 Å². The van der Waals surface area contributed by atoms with Gasteiger partial charge in [0, 0.05) is 17.5 Å². The zero-order valence-corrected chi connectivity index (χ0v) is 11.7. The van der Waals surface area contributed by atoms with Crippen LogP contribution in [0.25, 0.3) is 10.9 Å². The van der Waals surface area contributed by atoms with Gasteiger partial charge in [-0.25, -0.2) is 0 Å². The molecule has 0 bridgehead atoms. The molecule has 1 nitrogen and oxygen atoms in total. The van der Waals surface area contributed by atoms with Crippen LogP contribution in [-0.4, -0.2) is 10.4 Å². The van der Waals surface area contributed by atoms with Crippen LogP contribution in [-0.2, 0) is 6.42 Å². The fourth-order valence-electron chi connectivity index (χ4n) is 2.70. The van der Waals surface area contributed by atoms with E-state index in [0.29, 0.717) is 0 Å². The second kappa shape index (κ2) is 5.75. The predicted octanol–water partition coefficient (Wildman–Crippen LogP) is 4.89. The van der Waals surface area contributed by atoms with Crippen molar-refractivity contribution in [2.45, 2.75) is 37.5 Å². The van der Waals surface area contributed by atoms with Crippen LogP contribution in [0, 0.1) is 0 Å². The van der Waals surface area contributed by atoms with E-state index in [-0.39, 0.29) is 5.38 Å². The second-order valence-electron chi connectivity index (χ2n) is 5.26. The summed E-state index contributed by atoms with van der Waals surface area (Å²) in [5.41, 5.74) is 3.67. The SMILES string of the molecule is ClC1C=C(Cc2ccc3ccccc3n2)CCCC1.